The maximum Gasteiger partial charge on any atom is 0.387 e. The molecule has 0 unspecified atom stereocenters. The number of anilines is 1. The number of alkyl halides is 2. The first-order valence-corrected chi connectivity index (χ1v) is 11.4. The Kier molecular flexibility index (Phi) is 5.56. The first-order chi connectivity index (χ1) is 14.7. The van der Waals surface area contributed by atoms with Gasteiger partial charge in [0.15, 0.2) is 5.82 Å². The number of fused-ring (bicyclic) bond motifs is 1. The van der Waals surface area contributed by atoms with E-state index in [1.807, 2.05) is 4.57 Å². The number of halogens is 2. The van der Waals surface area contributed by atoms with Crippen LogP contribution in [0.25, 0.3) is 22.4 Å². The third kappa shape index (κ3) is 4.07. The van der Waals surface area contributed by atoms with Gasteiger partial charge in [-0.15, -0.1) is 0 Å². The van der Waals surface area contributed by atoms with Crippen molar-refractivity contribution in [2.24, 2.45) is 0 Å². The number of benzene rings is 1. The molecule has 1 aliphatic carbocycles. The Morgan fingerprint density at radius 1 is 1.23 bits per heavy atom. The summed E-state index contributed by atoms with van der Waals surface area (Å²) in [4.78, 5) is 8.48. The van der Waals surface area contributed by atoms with Gasteiger partial charge in [-0.2, -0.15) is 8.78 Å². The molecule has 3 aromatic rings. The molecular weight excluding hydrogens is 428 g/mol. The molecule has 4 rings (SSSR count). The highest BCUT2D eigenvalue weighted by Gasteiger charge is 2.28. The third-order valence-corrected chi connectivity index (χ3v) is 6.83. The van der Waals surface area contributed by atoms with Gasteiger partial charge in [-0.3, -0.25) is 0 Å². The lowest BCUT2D eigenvalue weighted by atomic mass is 9.92. The second kappa shape index (κ2) is 8.04. The lowest BCUT2D eigenvalue weighted by Crippen LogP contribution is -2.30. The van der Waals surface area contributed by atoms with Crippen LogP contribution in [0.2, 0.25) is 0 Å². The number of rotatable bonds is 7. The summed E-state index contributed by atoms with van der Waals surface area (Å²) in [6.45, 7) is 0.506. The van der Waals surface area contributed by atoms with E-state index in [-0.39, 0.29) is 28.6 Å². The van der Waals surface area contributed by atoms with E-state index in [0.29, 0.717) is 22.3 Å². The van der Waals surface area contributed by atoms with Gasteiger partial charge in [0, 0.05) is 23.5 Å². The molecule has 31 heavy (non-hydrogen) atoms. The van der Waals surface area contributed by atoms with Crippen LogP contribution in [0.4, 0.5) is 14.5 Å². The Bertz CT molecular complexity index is 1210. The molecule has 3 N–H and O–H groups in total. The summed E-state index contributed by atoms with van der Waals surface area (Å²) in [5, 5.41) is 0.672. The van der Waals surface area contributed by atoms with Crippen molar-refractivity contribution in [2.45, 2.75) is 56.7 Å². The van der Waals surface area contributed by atoms with E-state index in [2.05, 4.69) is 19.4 Å². The van der Waals surface area contributed by atoms with Gasteiger partial charge in [-0.1, -0.05) is 0 Å². The van der Waals surface area contributed by atoms with Crippen molar-refractivity contribution < 1.29 is 21.9 Å². The van der Waals surface area contributed by atoms with Crippen LogP contribution < -0.4 is 15.2 Å². The Morgan fingerprint density at radius 2 is 1.90 bits per heavy atom. The van der Waals surface area contributed by atoms with Crippen LogP contribution in [-0.4, -0.2) is 35.6 Å². The highest BCUT2D eigenvalue weighted by molar-refractivity contribution is 7.89. The average molecular weight is 451 g/mol. The SMILES string of the molecule is CC(C)NS(=O)(=O)c1cnc(-c2c(N)c3ccc(OC(F)F)cc3n2C2CCC2)nc1. The minimum atomic E-state index is -3.73. The highest BCUT2D eigenvalue weighted by Crippen LogP contribution is 2.44. The molecule has 0 bridgehead atoms. The minimum Gasteiger partial charge on any atom is -0.435 e. The van der Waals surface area contributed by atoms with Crippen molar-refractivity contribution in [1.29, 1.82) is 0 Å². The number of nitrogens with zero attached hydrogens (tertiary/aromatic N) is 3. The van der Waals surface area contributed by atoms with Gasteiger partial charge in [-0.05, 0) is 45.2 Å². The lowest BCUT2D eigenvalue weighted by molar-refractivity contribution is -0.0497. The molecule has 0 aliphatic heterocycles. The maximum absolute atomic E-state index is 12.7. The number of aromatic nitrogens is 3. The molecule has 2 aromatic heterocycles. The van der Waals surface area contributed by atoms with Gasteiger partial charge in [-0.25, -0.2) is 23.1 Å². The number of nitrogen functional groups attached to an aromatic ring is 1. The zero-order valence-electron chi connectivity index (χ0n) is 17.0. The van der Waals surface area contributed by atoms with Crippen molar-refractivity contribution in [3.05, 3.63) is 30.6 Å². The molecule has 1 saturated carbocycles. The standard InChI is InChI=1S/C20H23F2N5O3S/c1-11(2)26-31(28,29)14-9-24-19(25-10-14)18-17(23)15-7-6-13(30-20(21)22)8-16(15)27(18)12-4-3-5-12/h6-12,20,26H,3-5,23H2,1-2H3. The van der Waals surface area contributed by atoms with Gasteiger partial charge in [0.1, 0.15) is 16.3 Å². The van der Waals surface area contributed by atoms with Crippen LogP contribution >= 0.6 is 0 Å². The highest BCUT2D eigenvalue weighted by atomic mass is 32.2. The van der Waals surface area contributed by atoms with E-state index < -0.39 is 16.6 Å². The van der Waals surface area contributed by atoms with Crippen LogP contribution in [0.5, 0.6) is 5.75 Å². The van der Waals surface area contributed by atoms with E-state index in [4.69, 9.17) is 5.73 Å². The lowest BCUT2D eigenvalue weighted by Gasteiger charge is -2.29. The molecule has 1 aromatic carbocycles. The second-order valence-corrected chi connectivity index (χ2v) is 9.51. The van der Waals surface area contributed by atoms with E-state index in [0.717, 1.165) is 19.3 Å². The zero-order valence-corrected chi connectivity index (χ0v) is 17.9. The largest absolute Gasteiger partial charge is 0.435 e. The summed E-state index contributed by atoms with van der Waals surface area (Å²) in [5.74, 6) is 0.301. The first-order valence-electron chi connectivity index (χ1n) is 9.90. The number of nitrogens with one attached hydrogen (secondary N) is 1. The van der Waals surface area contributed by atoms with Crippen molar-refractivity contribution >= 4 is 26.6 Å². The number of nitrogens with two attached hydrogens (primary N) is 1. The summed E-state index contributed by atoms with van der Waals surface area (Å²) in [6.07, 6.45) is 5.32. The molecule has 0 spiro atoms. The van der Waals surface area contributed by atoms with E-state index in [1.165, 1.54) is 24.5 Å². The van der Waals surface area contributed by atoms with Crippen molar-refractivity contribution in [1.82, 2.24) is 19.3 Å². The minimum absolute atomic E-state index is 0.0363. The van der Waals surface area contributed by atoms with Crippen molar-refractivity contribution in [3.63, 3.8) is 0 Å². The predicted octanol–water partition coefficient (Wildman–Crippen LogP) is 3.69. The molecule has 8 nitrogen and oxygen atoms in total. The maximum atomic E-state index is 12.7. The van der Waals surface area contributed by atoms with E-state index in [1.54, 1.807) is 19.9 Å². The van der Waals surface area contributed by atoms with Gasteiger partial charge < -0.3 is 15.0 Å². The molecule has 0 saturated heterocycles. The van der Waals surface area contributed by atoms with Gasteiger partial charge in [0.25, 0.3) is 0 Å². The monoisotopic (exact) mass is 451 g/mol. The van der Waals surface area contributed by atoms with Crippen molar-refractivity contribution in [3.8, 4) is 17.3 Å². The summed E-state index contributed by atoms with van der Waals surface area (Å²) in [6, 6.07) is 4.45. The topological polar surface area (TPSA) is 112 Å². The normalized spacial score (nSPS) is 15.0. The van der Waals surface area contributed by atoms with Gasteiger partial charge in [0.05, 0.1) is 23.6 Å². The Hall–Kier alpha value is -2.79. The Balaban J connectivity index is 1.82. The van der Waals surface area contributed by atoms with Gasteiger partial charge in [0.2, 0.25) is 10.0 Å². The fourth-order valence-corrected chi connectivity index (χ4v) is 4.84. The molecule has 2 heterocycles. The third-order valence-electron chi connectivity index (χ3n) is 5.22. The summed E-state index contributed by atoms with van der Waals surface area (Å²) < 4.78 is 59.1. The fraction of sp³-hybridized carbons (Fsp3) is 0.400. The zero-order chi connectivity index (χ0) is 22.3. The fourth-order valence-electron chi connectivity index (χ4n) is 3.70. The van der Waals surface area contributed by atoms with Crippen LogP contribution in [0, 0.1) is 0 Å². The molecule has 11 heteroatoms. The number of sulfonamides is 1. The molecule has 0 radical (unpaired) electrons. The van der Waals surface area contributed by atoms with Crippen LogP contribution in [-0.2, 0) is 10.0 Å². The van der Waals surface area contributed by atoms with Gasteiger partial charge >= 0.3 is 6.61 Å². The molecular formula is C20H23F2N5O3S. The number of ether oxygens (including phenoxy) is 1. The summed E-state index contributed by atoms with van der Waals surface area (Å²) in [5.41, 5.74) is 8.00. The van der Waals surface area contributed by atoms with Crippen molar-refractivity contribution in [2.75, 3.05) is 5.73 Å². The average Bonchev–Trinajstić information content (AvgIpc) is 2.91. The van der Waals surface area contributed by atoms with E-state index in [9.17, 15) is 17.2 Å². The van der Waals surface area contributed by atoms with Crippen LogP contribution in [0.1, 0.15) is 39.2 Å². The molecule has 0 atom stereocenters. The molecule has 0 amide bonds. The molecule has 1 aliphatic rings. The summed E-state index contributed by atoms with van der Waals surface area (Å²) in [7, 11) is -3.73. The first kappa shape index (κ1) is 21.4. The van der Waals surface area contributed by atoms with Crippen LogP contribution in [0.15, 0.2) is 35.5 Å². The molecule has 166 valence electrons. The number of hydrogen-bond acceptors (Lipinski definition) is 6. The molecule has 1 fully saturated rings. The van der Waals surface area contributed by atoms with E-state index >= 15 is 0 Å². The quantitative estimate of drug-likeness (QED) is 0.567. The van der Waals surface area contributed by atoms with Crippen LogP contribution in [0.3, 0.4) is 0 Å². The smallest absolute Gasteiger partial charge is 0.387 e. The Labute approximate surface area is 178 Å². The Morgan fingerprint density at radius 3 is 2.45 bits per heavy atom. The number of hydrogen-bond donors (Lipinski definition) is 2. The second-order valence-electron chi connectivity index (χ2n) is 7.79. The summed E-state index contributed by atoms with van der Waals surface area (Å²) >= 11 is 0. The predicted molar refractivity (Wildman–Crippen MR) is 112 cm³/mol.